The van der Waals surface area contributed by atoms with Crippen molar-refractivity contribution in [2.75, 3.05) is 12.4 Å². The zero-order chi connectivity index (χ0) is 19.9. The minimum absolute atomic E-state index is 0.140. The number of aryl methyl sites for hydroxylation is 2. The largest absolute Gasteiger partial charge is 0.323 e. The zero-order valence-corrected chi connectivity index (χ0v) is 16.7. The molecule has 2 amide bonds. The molecule has 6 nitrogen and oxygen atoms in total. The van der Waals surface area contributed by atoms with Crippen LogP contribution < -0.4 is 5.32 Å². The molecule has 0 aliphatic carbocycles. The molecule has 3 aromatic rings. The van der Waals surface area contributed by atoms with Crippen LogP contribution in [0, 0.1) is 0 Å². The van der Waals surface area contributed by atoms with Gasteiger partial charge in [-0.3, -0.25) is 9.67 Å². The van der Waals surface area contributed by atoms with Crippen molar-refractivity contribution in [1.29, 1.82) is 0 Å². The fourth-order valence-electron chi connectivity index (χ4n) is 2.88. The average Bonchev–Trinajstić information content (AvgIpc) is 3.17. The van der Waals surface area contributed by atoms with Gasteiger partial charge in [0.25, 0.3) is 0 Å². The molecule has 0 saturated carbocycles. The van der Waals surface area contributed by atoms with Crippen LogP contribution in [-0.4, -0.2) is 32.7 Å². The Hall–Kier alpha value is -3.15. The summed E-state index contributed by atoms with van der Waals surface area (Å²) in [5, 5.41) is 7.25. The third-order valence-corrected chi connectivity index (χ3v) is 4.55. The van der Waals surface area contributed by atoms with Gasteiger partial charge in [0, 0.05) is 42.4 Å². The molecule has 0 atom stereocenters. The van der Waals surface area contributed by atoms with Crippen LogP contribution in [0.5, 0.6) is 0 Å². The van der Waals surface area contributed by atoms with Gasteiger partial charge in [0.05, 0.1) is 12.7 Å². The van der Waals surface area contributed by atoms with E-state index in [4.69, 9.17) is 0 Å². The standard InChI is InChI=1S/C22H27N5O/c1-17(2)27-16-19(14-24-27)15-26(3)22(28)25-21-11-8-18(9-12-21)7-10-20-6-4-5-13-23-20/h4-6,8-9,11-14,16-17H,7,10,15H2,1-3H3,(H,25,28). The predicted molar refractivity (Wildman–Crippen MR) is 111 cm³/mol. The van der Waals surface area contributed by atoms with Crippen molar-refractivity contribution in [3.63, 3.8) is 0 Å². The third-order valence-electron chi connectivity index (χ3n) is 4.55. The first-order valence-electron chi connectivity index (χ1n) is 9.55. The van der Waals surface area contributed by atoms with Gasteiger partial charge in [0.15, 0.2) is 0 Å². The summed E-state index contributed by atoms with van der Waals surface area (Å²) < 4.78 is 1.89. The summed E-state index contributed by atoms with van der Waals surface area (Å²) >= 11 is 0. The average molecular weight is 377 g/mol. The lowest BCUT2D eigenvalue weighted by atomic mass is 10.1. The molecule has 28 heavy (non-hydrogen) atoms. The van der Waals surface area contributed by atoms with Gasteiger partial charge in [-0.2, -0.15) is 5.10 Å². The van der Waals surface area contributed by atoms with Gasteiger partial charge in [-0.1, -0.05) is 18.2 Å². The van der Waals surface area contributed by atoms with Crippen molar-refractivity contribution < 1.29 is 4.79 Å². The lowest BCUT2D eigenvalue weighted by molar-refractivity contribution is 0.220. The molecule has 0 fully saturated rings. The Balaban J connectivity index is 1.50. The van der Waals surface area contributed by atoms with E-state index in [9.17, 15) is 4.79 Å². The number of benzene rings is 1. The first-order valence-corrected chi connectivity index (χ1v) is 9.55. The number of nitrogens with one attached hydrogen (secondary N) is 1. The number of carbonyl (C=O) groups is 1. The smallest absolute Gasteiger partial charge is 0.321 e. The Morgan fingerprint density at radius 1 is 1.11 bits per heavy atom. The quantitative estimate of drug-likeness (QED) is 0.667. The van der Waals surface area contributed by atoms with E-state index < -0.39 is 0 Å². The summed E-state index contributed by atoms with van der Waals surface area (Å²) in [7, 11) is 1.78. The summed E-state index contributed by atoms with van der Waals surface area (Å²) in [4.78, 5) is 18.4. The molecule has 6 heteroatoms. The Kier molecular flexibility index (Phi) is 6.42. The monoisotopic (exact) mass is 377 g/mol. The lowest BCUT2D eigenvalue weighted by Crippen LogP contribution is -2.30. The van der Waals surface area contributed by atoms with Crippen LogP contribution in [0.2, 0.25) is 0 Å². The molecular formula is C22H27N5O. The highest BCUT2D eigenvalue weighted by Gasteiger charge is 2.11. The van der Waals surface area contributed by atoms with Gasteiger partial charge in [-0.25, -0.2) is 4.79 Å². The number of urea groups is 1. The molecule has 0 radical (unpaired) electrons. The Morgan fingerprint density at radius 2 is 1.89 bits per heavy atom. The van der Waals surface area contributed by atoms with Crippen molar-refractivity contribution in [1.82, 2.24) is 19.7 Å². The number of aromatic nitrogens is 3. The number of pyridine rings is 1. The van der Waals surface area contributed by atoms with Crippen molar-refractivity contribution in [2.24, 2.45) is 0 Å². The van der Waals surface area contributed by atoms with Crippen LogP contribution in [-0.2, 0) is 19.4 Å². The highest BCUT2D eigenvalue weighted by Crippen LogP contribution is 2.13. The van der Waals surface area contributed by atoms with Crippen LogP contribution >= 0.6 is 0 Å². The number of carbonyl (C=O) groups excluding carboxylic acids is 1. The van der Waals surface area contributed by atoms with Crippen molar-refractivity contribution in [3.8, 4) is 0 Å². The summed E-state index contributed by atoms with van der Waals surface area (Å²) in [6.07, 6.45) is 7.42. The maximum Gasteiger partial charge on any atom is 0.321 e. The Labute approximate surface area is 166 Å². The first-order chi connectivity index (χ1) is 13.5. The second-order valence-corrected chi connectivity index (χ2v) is 7.23. The summed E-state index contributed by atoms with van der Waals surface area (Å²) in [6.45, 7) is 4.67. The van der Waals surface area contributed by atoms with Crippen molar-refractivity contribution in [3.05, 3.63) is 77.9 Å². The molecule has 3 rings (SSSR count). The summed E-state index contributed by atoms with van der Waals surface area (Å²) in [6, 6.07) is 14.1. The molecule has 146 valence electrons. The zero-order valence-electron chi connectivity index (χ0n) is 16.7. The minimum Gasteiger partial charge on any atom is -0.323 e. The maximum absolute atomic E-state index is 12.4. The van der Waals surface area contributed by atoms with Crippen LogP contribution in [0.3, 0.4) is 0 Å². The number of rotatable bonds is 7. The molecule has 2 heterocycles. The van der Waals surface area contributed by atoms with E-state index in [0.717, 1.165) is 29.8 Å². The van der Waals surface area contributed by atoms with Crippen LogP contribution in [0.15, 0.2) is 61.1 Å². The number of hydrogen-bond acceptors (Lipinski definition) is 3. The number of anilines is 1. The highest BCUT2D eigenvalue weighted by atomic mass is 16.2. The van der Waals surface area contributed by atoms with Crippen molar-refractivity contribution in [2.45, 2.75) is 39.3 Å². The van der Waals surface area contributed by atoms with E-state index in [2.05, 4.69) is 29.2 Å². The molecule has 0 aliphatic heterocycles. The van der Waals surface area contributed by atoms with E-state index >= 15 is 0 Å². The summed E-state index contributed by atoms with van der Waals surface area (Å²) in [5.41, 5.74) is 4.10. The fourth-order valence-corrected chi connectivity index (χ4v) is 2.88. The van der Waals surface area contributed by atoms with E-state index in [1.165, 1.54) is 5.56 Å². The molecule has 0 bridgehead atoms. The molecule has 2 aromatic heterocycles. The topological polar surface area (TPSA) is 63.1 Å². The molecular weight excluding hydrogens is 350 g/mol. The molecule has 0 unspecified atom stereocenters. The van der Waals surface area contributed by atoms with Gasteiger partial charge in [0.1, 0.15) is 0 Å². The van der Waals surface area contributed by atoms with Gasteiger partial charge in [-0.15, -0.1) is 0 Å². The molecule has 0 aliphatic rings. The van der Waals surface area contributed by atoms with Gasteiger partial charge in [0.2, 0.25) is 0 Å². The van der Waals surface area contributed by atoms with Gasteiger partial charge in [-0.05, 0) is 56.5 Å². The number of nitrogens with zero attached hydrogens (tertiary/aromatic N) is 4. The number of hydrogen-bond donors (Lipinski definition) is 1. The van der Waals surface area contributed by atoms with Crippen molar-refractivity contribution >= 4 is 11.7 Å². The Bertz CT molecular complexity index is 887. The maximum atomic E-state index is 12.4. The SMILES string of the molecule is CC(C)n1cc(CN(C)C(=O)Nc2ccc(CCc3ccccn3)cc2)cn1. The van der Waals surface area contributed by atoms with Crippen LogP contribution in [0.25, 0.3) is 0 Å². The second-order valence-electron chi connectivity index (χ2n) is 7.23. The van der Waals surface area contributed by atoms with E-state index in [-0.39, 0.29) is 6.03 Å². The molecule has 0 spiro atoms. The first kappa shape index (κ1) is 19.6. The van der Waals surface area contributed by atoms with Gasteiger partial charge < -0.3 is 10.2 Å². The predicted octanol–water partition coefficient (Wildman–Crippen LogP) is 4.31. The highest BCUT2D eigenvalue weighted by molar-refractivity contribution is 5.89. The Morgan fingerprint density at radius 3 is 2.54 bits per heavy atom. The summed E-state index contributed by atoms with van der Waals surface area (Å²) in [5.74, 6) is 0. The number of amides is 2. The fraction of sp³-hybridized carbons (Fsp3) is 0.318. The van der Waals surface area contributed by atoms with Gasteiger partial charge >= 0.3 is 6.03 Å². The van der Waals surface area contributed by atoms with E-state index in [1.807, 2.05) is 59.5 Å². The molecule has 1 N–H and O–H groups in total. The minimum atomic E-state index is -0.140. The second kappa shape index (κ2) is 9.17. The van der Waals surface area contributed by atoms with E-state index in [0.29, 0.717) is 12.6 Å². The van der Waals surface area contributed by atoms with Crippen LogP contribution in [0.4, 0.5) is 10.5 Å². The van der Waals surface area contributed by atoms with E-state index in [1.54, 1.807) is 18.1 Å². The lowest BCUT2D eigenvalue weighted by Gasteiger charge is -2.17. The van der Waals surface area contributed by atoms with Crippen LogP contribution in [0.1, 0.15) is 36.7 Å². The molecule has 1 aromatic carbocycles. The molecule has 0 saturated heterocycles. The normalized spacial score (nSPS) is 10.9. The third kappa shape index (κ3) is 5.42.